The van der Waals surface area contributed by atoms with E-state index in [1.807, 2.05) is 20.8 Å². The zero-order valence-corrected chi connectivity index (χ0v) is 15.5. The molecule has 2 rings (SSSR count). The number of nitrogens with two attached hydrogens (primary N) is 1. The summed E-state index contributed by atoms with van der Waals surface area (Å²) in [5, 5.41) is 0.677. The van der Waals surface area contributed by atoms with Crippen LogP contribution in [0.15, 0.2) is 24.5 Å². The van der Waals surface area contributed by atoms with E-state index in [0.29, 0.717) is 10.8 Å². The Morgan fingerprint density at radius 3 is 2.36 bits per heavy atom. The summed E-state index contributed by atoms with van der Waals surface area (Å²) in [5.41, 5.74) is 17.4. The molecule has 0 aliphatic heterocycles. The van der Waals surface area contributed by atoms with Crippen LogP contribution in [0.1, 0.15) is 31.1 Å². The molecule has 25 heavy (non-hydrogen) atoms. The number of nitrogens with zero attached hydrogens (tertiary/aromatic N) is 2. The summed E-state index contributed by atoms with van der Waals surface area (Å²) < 4.78 is 0. The van der Waals surface area contributed by atoms with Gasteiger partial charge in [0.25, 0.3) is 5.91 Å². The average molecular weight is 384 g/mol. The Balaban J connectivity index is 2.06. The first-order valence-electron chi connectivity index (χ1n) is 7.32. The standard InChI is InChI=1S/C15H19Cl2N7O/c1-15(2,3)24-22-13-11(18)12(19-7-20-13)21-23-14(25)9-5-4-8(16)6-10(9)17/h4-7,24H,18H2,1-3H3,(H,23,25)(H2,19,20,21,22). The number of carbonyl (C=O) groups is 1. The molecule has 1 amide bonds. The van der Waals surface area contributed by atoms with Crippen molar-refractivity contribution >= 4 is 46.4 Å². The third-order valence-electron chi connectivity index (χ3n) is 2.91. The van der Waals surface area contributed by atoms with Crippen molar-refractivity contribution in [3.63, 3.8) is 0 Å². The van der Waals surface area contributed by atoms with Gasteiger partial charge in [0.2, 0.25) is 0 Å². The van der Waals surface area contributed by atoms with E-state index in [9.17, 15) is 4.79 Å². The van der Waals surface area contributed by atoms with Gasteiger partial charge in [0, 0.05) is 10.6 Å². The molecule has 0 aliphatic carbocycles. The smallest absolute Gasteiger partial charge is 0.271 e. The van der Waals surface area contributed by atoms with Crippen molar-refractivity contribution in [3.05, 3.63) is 40.1 Å². The van der Waals surface area contributed by atoms with Crippen molar-refractivity contribution in [2.45, 2.75) is 26.3 Å². The Labute approximate surface area is 155 Å². The molecule has 0 bridgehead atoms. The minimum Gasteiger partial charge on any atom is -0.393 e. The van der Waals surface area contributed by atoms with Gasteiger partial charge in [-0.15, -0.1) is 0 Å². The number of halogens is 2. The molecule has 0 saturated heterocycles. The van der Waals surface area contributed by atoms with Crippen molar-refractivity contribution in [3.8, 4) is 0 Å². The Morgan fingerprint density at radius 2 is 1.76 bits per heavy atom. The molecule has 134 valence electrons. The molecule has 0 radical (unpaired) electrons. The third kappa shape index (κ3) is 5.35. The summed E-state index contributed by atoms with van der Waals surface area (Å²) >= 11 is 11.8. The highest BCUT2D eigenvalue weighted by Crippen LogP contribution is 2.23. The lowest BCUT2D eigenvalue weighted by molar-refractivity contribution is 0.0962. The predicted molar refractivity (Wildman–Crippen MR) is 101 cm³/mol. The molecule has 0 spiro atoms. The van der Waals surface area contributed by atoms with Gasteiger partial charge in [0.1, 0.15) is 12.0 Å². The summed E-state index contributed by atoms with van der Waals surface area (Å²) in [7, 11) is 0. The van der Waals surface area contributed by atoms with E-state index >= 15 is 0 Å². The van der Waals surface area contributed by atoms with Gasteiger partial charge in [-0.2, -0.15) is 0 Å². The number of nitrogen functional groups attached to an aromatic ring is 1. The van der Waals surface area contributed by atoms with Gasteiger partial charge < -0.3 is 11.2 Å². The minimum atomic E-state index is -0.456. The normalized spacial score (nSPS) is 11.1. The molecule has 0 unspecified atom stereocenters. The van der Waals surface area contributed by atoms with E-state index in [1.165, 1.54) is 18.5 Å². The van der Waals surface area contributed by atoms with Crippen LogP contribution in [-0.4, -0.2) is 21.4 Å². The van der Waals surface area contributed by atoms with Gasteiger partial charge in [0.15, 0.2) is 11.6 Å². The van der Waals surface area contributed by atoms with Crippen LogP contribution in [0.4, 0.5) is 17.3 Å². The zero-order chi connectivity index (χ0) is 18.6. The number of anilines is 3. The summed E-state index contributed by atoms with van der Waals surface area (Å²) in [6.45, 7) is 5.94. The fraction of sp³-hybridized carbons (Fsp3) is 0.267. The minimum absolute atomic E-state index is 0.190. The highest BCUT2D eigenvalue weighted by molar-refractivity contribution is 6.36. The molecule has 0 atom stereocenters. The number of aromatic nitrogens is 2. The average Bonchev–Trinajstić information content (AvgIpc) is 2.51. The third-order valence-corrected chi connectivity index (χ3v) is 3.46. The Hall–Kier alpha value is -2.29. The van der Waals surface area contributed by atoms with E-state index in [-0.39, 0.29) is 27.6 Å². The summed E-state index contributed by atoms with van der Waals surface area (Å²) in [6, 6.07) is 4.57. The molecule has 10 heteroatoms. The second-order valence-electron chi connectivity index (χ2n) is 6.19. The molecule has 2 aromatic rings. The molecule has 8 nitrogen and oxygen atoms in total. The van der Waals surface area contributed by atoms with E-state index < -0.39 is 5.91 Å². The number of hydrogen-bond acceptors (Lipinski definition) is 7. The van der Waals surface area contributed by atoms with Crippen LogP contribution in [0.5, 0.6) is 0 Å². The number of nitrogens with one attached hydrogen (secondary N) is 4. The Kier molecular flexibility index (Phi) is 5.89. The molecule has 1 aromatic carbocycles. The molecule has 1 heterocycles. The lowest BCUT2D eigenvalue weighted by Gasteiger charge is -2.22. The summed E-state index contributed by atoms with van der Waals surface area (Å²) in [6.07, 6.45) is 1.31. The molecule has 0 fully saturated rings. The zero-order valence-electron chi connectivity index (χ0n) is 13.9. The van der Waals surface area contributed by atoms with Crippen LogP contribution in [-0.2, 0) is 0 Å². The Bertz CT molecular complexity index is 777. The maximum absolute atomic E-state index is 12.2. The highest BCUT2D eigenvalue weighted by Gasteiger charge is 2.14. The first-order chi connectivity index (χ1) is 11.7. The second kappa shape index (κ2) is 7.73. The van der Waals surface area contributed by atoms with E-state index in [2.05, 4.69) is 31.7 Å². The molecule has 1 aromatic heterocycles. The van der Waals surface area contributed by atoms with Gasteiger partial charge in [-0.05, 0) is 39.0 Å². The van der Waals surface area contributed by atoms with Gasteiger partial charge in [-0.25, -0.2) is 15.4 Å². The van der Waals surface area contributed by atoms with Gasteiger partial charge >= 0.3 is 0 Å². The van der Waals surface area contributed by atoms with Crippen LogP contribution in [0, 0.1) is 0 Å². The van der Waals surface area contributed by atoms with Crippen LogP contribution >= 0.6 is 23.2 Å². The van der Waals surface area contributed by atoms with Crippen molar-refractivity contribution in [2.75, 3.05) is 16.6 Å². The molecular weight excluding hydrogens is 365 g/mol. The van der Waals surface area contributed by atoms with E-state index in [0.717, 1.165) is 0 Å². The topological polar surface area (TPSA) is 117 Å². The molecule has 0 saturated carbocycles. The first kappa shape index (κ1) is 19.0. The maximum atomic E-state index is 12.2. The SMILES string of the molecule is CC(C)(C)NNc1ncnc(NNC(=O)c2ccc(Cl)cc2Cl)c1N. The van der Waals surface area contributed by atoms with Crippen molar-refractivity contribution in [1.82, 2.24) is 20.8 Å². The lowest BCUT2D eigenvalue weighted by atomic mass is 10.1. The number of carbonyl (C=O) groups excluding carboxylic acids is 1. The van der Waals surface area contributed by atoms with Crippen LogP contribution in [0.2, 0.25) is 10.0 Å². The number of hydrazine groups is 2. The fourth-order valence-electron chi connectivity index (χ4n) is 1.70. The van der Waals surface area contributed by atoms with Crippen molar-refractivity contribution in [1.29, 1.82) is 0 Å². The quantitative estimate of drug-likeness (QED) is 0.503. The van der Waals surface area contributed by atoms with Crippen LogP contribution in [0.3, 0.4) is 0 Å². The lowest BCUT2D eigenvalue weighted by Crippen LogP contribution is -2.40. The van der Waals surface area contributed by atoms with Crippen molar-refractivity contribution in [2.24, 2.45) is 0 Å². The van der Waals surface area contributed by atoms with E-state index in [4.69, 9.17) is 28.9 Å². The highest BCUT2D eigenvalue weighted by atomic mass is 35.5. The maximum Gasteiger partial charge on any atom is 0.271 e. The van der Waals surface area contributed by atoms with Gasteiger partial charge in [0.05, 0.1) is 10.6 Å². The van der Waals surface area contributed by atoms with Crippen LogP contribution < -0.4 is 27.4 Å². The van der Waals surface area contributed by atoms with Crippen molar-refractivity contribution < 1.29 is 4.79 Å². The molecule has 6 N–H and O–H groups in total. The van der Waals surface area contributed by atoms with Gasteiger partial charge in [-0.3, -0.25) is 15.6 Å². The second-order valence-corrected chi connectivity index (χ2v) is 7.03. The summed E-state index contributed by atoms with van der Waals surface area (Å²) in [4.78, 5) is 20.2. The van der Waals surface area contributed by atoms with Gasteiger partial charge in [-0.1, -0.05) is 23.2 Å². The number of hydrogen-bond donors (Lipinski definition) is 5. The fourth-order valence-corrected chi connectivity index (χ4v) is 2.19. The number of rotatable bonds is 5. The summed E-state index contributed by atoms with van der Waals surface area (Å²) in [5.74, 6) is 0.167. The number of benzene rings is 1. The largest absolute Gasteiger partial charge is 0.393 e. The Morgan fingerprint density at radius 1 is 1.12 bits per heavy atom. The first-order valence-corrected chi connectivity index (χ1v) is 8.08. The van der Waals surface area contributed by atoms with Crippen LogP contribution in [0.25, 0.3) is 0 Å². The number of amides is 1. The molecule has 0 aliphatic rings. The van der Waals surface area contributed by atoms with E-state index in [1.54, 1.807) is 6.07 Å². The predicted octanol–water partition coefficient (Wildman–Crippen LogP) is 2.84. The molecular formula is C15H19Cl2N7O. The monoisotopic (exact) mass is 383 g/mol.